The molecule has 2 aliphatic heterocycles. The molecule has 130 valence electrons. The van der Waals surface area contributed by atoms with Crippen molar-refractivity contribution in [2.24, 2.45) is 4.99 Å². The van der Waals surface area contributed by atoms with Crippen LogP contribution in [0.4, 0.5) is 11.5 Å². The fraction of sp³-hybridized carbons (Fsp3) is 0.611. The Bertz CT molecular complexity index is 610. The van der Waals surface area contributed by atoms with Crippen LogP contribution in [0, 0.1) is 0 Å². The first-order valence-corrected chi connectivity index (χ1v) is 8.71. The molecule has 1 aromatic rings. The van der Waals surface area contributed by atoms with Crippen molar-refractivity contribution in [3.63, 3.8) is 0 Å². The Kier molecular flexibility index (Phi) is 5.26. The Labute approximate surface area is 143 Å². The predicted molar refractivity (Wildman–Crippen MR) is 95.3 cm³/mol. The highest BCUT2D eigenvalue weighted by atomic mass is 16.5. The Morgan fingerprint density at radius 2 is 2.17 bits per heavy atom. The number of aliphatic imine (C=N–C) groups is 1. The molecule has 0 aliphatic carbocycles. The van der Waals surface area contributed by atoms with Crippen LogP contribution in [0.3, 0.4) is 0 Å². The van der Waals surface area contributed by atoms with Gasteiger partial charge in [0.1, 0.15) is 0 Å². The second-order valence-electron chi connectivity index (χ2n) is 6.57. The van der Waals surface area contributed by atoms with Crippen LogP contribution >= 0.6 is 0 Å². The Morgan fingerprint density at radius 1 is 1.38 bits per heavy atom. The van der Waals surface area contributed by atoms with Crippen LogP contribution in [-0.4, -0.2) is 66.3 Å². The summed E-state index contributed by atoms with van der Waals surface area (Å²) in [6, 6.07) is 4.99. The summed E-state index contributed by atoms with van der Waals surface area (Å²) < 4.78 is 5.30. The predicted octanol–water partition coefficient (Wildman–Crippen LogP) is 2.06. The topological polar surface area (TPSA) is 58.0 Å². The molecule has 2 fully saturated rings. The third kappa shape index (κ3) is 3.65. The lowest BCUT2D eigenvalue weighted by Gasteiger charge is -2.46. The van der Waals surface area contributed by atoms with Gasteiger partial charge in [0.15, 0.2) is 11.6 Å². The summed E-state index contributed by atoms with van der Waals surface area (Å²) in [4.78, 5) is 25.2. The van der Waals surface area contributed by atoms with Crippen molar-refractivity contribution in [3.05, 3.63) is 18.3 Å². The lowest BCUT2D eigenvalue weighted by molar-refractivity contribution is -0.111. The van der Waals surface area contributed by atoms with Crippen molar-refractivity contribution in [1.29, 1.82) is 0 Å². The van der Waals surface area contributed by atoms with Gasteiger partial charge in [-0.05, 0) is 25.5 Å². The molecule has 6 heteroatoms. The summed E-state index contributed by atoms with van der Waals surface area (Å²) in [5.74, 6) is 0.608. The molecule has 6 nitrogen and oxygen atoms in total. The molecule has 0 saturated carbocycles. The minimum Gasteiger partial charge on any atom is -0.378 e. The van der Waals surface area contributed by atoms with Crippen molar-refractivity contribution in [1.82, 2.24) is 9.88 Å². The van der Waals surface area contributed by atoms with E-state index < -0.39 is 0 Å². The van der Waals surface area contributed by atoms with Crippen LogP contribution in [0.2, 0.25) is 0 Å². The molecule has 1 unspecified atom stereocenters. The molecule has 0 bridgehead atoms. The van der Waals surface area contributed by atoms with Crippen molar-refractivity contribution < 1.29 is 9.53 Å². The monoisotopic (exact) mass is 330 g/mol. The molecule has 3 heterocycles. The quantitative estimate of drug-likeness (QED) is 0.774. The zero-order valence-corrected chi connectivity index (χ0v) is 14.7. The van der Waals surface area contributed by atoms with E-state index in [1.807, 2.05) is 19.2 Å². The molecule has 0 N–H and O–H groups in total. The lowest BCUT2D eigenvalue weighted by atomic mass is 10.1. The third-order valence-corrected chi connectivity index (χ3v) is 4.85. The smallest absolute Gasteiger partial charge is 0.174 e. The van der Waals surface area contributed by atoms with E-state index >= 15 is 0 Å². The van der Waals surface area contributed by atoms with E-state index in [0.29, 0.717) is 30.0 Å². The van der Waals surface area contributed by atoms with E-state index in [9.17, 15) is 4.79 Å². The van der Waals surface area contributed by atoms with Gasteiger partial charge in [0, 0.05) is 32.6 Å². The van der Waals surface area contributed by atoms with Crippen molar-refractivity contribution in [2.45, 2.75) is 39.3 Å². The maximum Gasteiger partial charge on any atom is 0.174 e. The Balaban J connectivity index is 1.66. The fourth-order valence-electron chi connectivity index (χ4n) is 3.29. The number of nitrogens with zero attached hydrogens (tertiary/aromatic N) is 4. The van der Waals surface area contributed by atoms with Gasteiger partial charge < -0.3 is 9.64 Å². The number of ether oxygens (including phenoxy) is 1. The average molecular weight is 330 g/mol. The molecule has 2 saturated heterocycles. The van der Waals surface area contributed by atoms with Crippen LogP contribution in [0.15, 0.2) is 23.3 Å². The first-order chi connectivity index (χ1) is 11.6. The van der Waals surface area contributed by atoms with Crippen LogP contribution in [-0.2, 0) is 9.53 Å². The molecule has 2 aliphatic rings. The highest BCUT2D eigenvalue weighted by Gasteiger charge is 2.32. The number of Topliss-reactive ketones (excluding diaryl/α,β-unsaturated/α-hetero) is 1. The highest BCUT2D eigenvalue weighted by Crippen LogP contribution is 2.24. The van der Waals surface area contributed by atoms with Crippen LogP contribution in [0.5, 0.6) is 0 Å². The third-order valence-electron chi connectivity index (χ3n) is 4.85. The molecule has 0 amide bonds. The van der Waals surface area contributed by atoms with Gasteiger partial charge in [0.05, 0.1) is 36.9 Å². The standard InChI is InChI=1S/C18H26N4O2/c1-4-17(14(3)23)20-18-6-5-15(9-19-18)22-8-7-21(10-13(22)2)16-11-24-12-16/h5-6,9,13,16H,4,7-8,10-12H2,1-3H3. The number of carbonyl (C=O) groups excluding carboxylic acids is 1. The summed E-state index contributed by atoms with van der Waals surface area (Å²) >= 11 is 0. The zero-order chi connectivity index (χ0) is 17.1. The highest BCUT2D eigenvalue weighted by molar-refractivity contribution is 6.39. The number of rotatable bonds is 5. The molecule has 0 aromatic carbocycles. The summed E-state index contributed by atoms with van der Waals surface area (Å²) in [7, 11) is 0. The molecular weight excluding hydrogens is 304 g/mol. The molecule has 1 aromatic heterocycles. The number of hydrogen-bond donors (Lipinski definition) is 0. The van der Waals surface area contributed by atoms with Gasteiger partial charge in [-0.1, -0.05) is 6.92 Å². The van der Waals surface area contributed by atoms with E-state index in [4.69, 9.17) is 4.74 Å². The van der Waals surface area contributed by atoms with Gasteiger partial charge in [0.2, 0.25) is 0 Å². The van der Waals surface area contributed by atoms with Crippen molar-refractivity contribution in [3.8, 4) is 0 Å². The number of anilines is 1. The molecule has 0 radical (unpaired) electrons. The maximum atomic E-state index is 11.5. The van der Waals surface area contributed by atoms with Gasteiger partial charge in [-0.15, -0.1) is 0 Å². The van der Waals surface area contributed by atoms with E-state index in [2.05, 4.69) is 32.8 Å². The molecular formula is C18H26N4O2. The second kappa shape index (κ2) is 7.40. The minimum absolute atomic E-state index is 0.00749. The number of ketones is 1. The zero-order valence-electron chi connectivity index (χ0n) is 14.7. The van der Waals surface area contributed by atoms with Crippen LogP contribution in [0.25, 0.3) is 0 Å². The first kappa shape index (κ1) is 17.0. The SMILES string of the molecule is CCC(=Nc1ccc(N2CCN(C3COC3)CC2C)cn1)C(C)=O. The summed E-state index contributed by atoms with van der Waals surface area (Å²) in [5.41, 5.74) is 1.69. The molecule has 3 rings (SSSR count). The summed E-state index contributed by atoms with van der Waals surface area (Å²) in [6.07, 6.45) is 2.49. The number of carbonyl (C=O) groups is 1. The normalized spacial score (nSPS) is 23.2. The lowest BCUT2D eigenvalue weighted by Crippen LogP contribution is -2.59. The number of pyridine rings is 1. The van der Waals surface area contributed by atoms with Crippen LogP contribution < -0.4 is 4.90 Å². The number of piperazine rings is 1. The Hall–Kier alpha value is -1.79. The minimum atomic E-state index is 0.00749. The molecule has 1 atom stereocenters. The fourth-order valence-corrected chi connectivity index (χ4v) is 3.29. The van der Waals surface area contributed by atoms with E-state index in [-0.39, 0.29) is 5.78 Å². The molecule has 24 heavy (non-hydrogen) atoms. The van der Waals surface area contributed by atoms with Crippen molar-refractivity contribution in [2.75, 3.05) is 37.7 Å². The summed E-state index contributed by atoms with van der Waals surface area (Å²) in [5, 5.41) is 0. The summed E-state index contributed by atoms with van der Waals surface area (Å²) in [6.45, 7) is 10.6. The van der Waals surface area contributed by atoms with E-state index in [1.54, 1.807) is 6.92 Å². The van der Waals surface area contributed by atoms with Gasteiger partial charge in [0.25, 0.3) is 0 Å². The van der Waals surface area contributed by atoms with E-state index in [0.717, 1.165) is 38.5 Å². The average Bonchev–Trinajstić information content (AvgIpc) is 2.51. The number of aromatic nitrogens is 1. The second-order valence-corrected chi connectivity index (χ2v) is 6.57. The van der Waals surface area contributed by atoms with Gasteiger partial charge in [-0.3, -0.25) is 9.69 Å². The van der Waals surface area contributed by atoms with Gasteiger partial charge >= 0.3 is 0 Å². The Morgan fingerprint density at radius 3 is 2.67 bits per heavy atom. The molecule has 0 spiro atoms. The first-order valence-electron chi connectivity index (χ1n) is 8.71. The van der Waals surface area contributed by atoms with Gasteiger partial charge in [-0.25, -0.2) is 9.98 Å². The van der Waals surface area contributed by atoms with E-state index in [1.165, 1.54) is 0 Å². The van der Waals surface area contributed by atoms with Gasteiger partial charge in [-0.2, -0.15) is 0 Å². The van der Waals surface area contributed by atoms with Crippen LogP contribution in [0.1, 0.15) is 27.2 Å². The number of hydrogen-bond acceptors (Lipinski definition) is 6. The van der Waals surface area contributed by atoms with Crippen molar-refractivity contribution >= 4 is 23.0 Å². The maximum absolute atomic E-state index is 11.5. The largest absolute Gasteiger partial charge is 0.378 e.